The summed E-state index contributed by atoms with van der Waals surface area (Å²) in [4.78, 5) is 18.6. The van der Waals surface area contributed by atoms with E-state index in [1.54, 1.807) is 36.4 Å². The average Bonchev–Trinajstić information content (AvgIpc) is 3.10. The number of benzene rings is 2. The molecule has 1 amide bonds. The first-order chi connectivity index (χ1) is 15.6. The standard InChI is InChI=1S/C24H18ClF3N3O2/c1-12(2)33-15-6-3-13(4-7-15)19-16(17-9-5-14(11-30-17)24(26,27)28)8-10-18-20(19)21(25)22(31-18)23(29)32/h3-12,29,31H,1-2H3. The van der Waals surface area contributed by atoms with Gasteiger partial charge in [-0.05, 0) is 49.7 Å². The van der Waals surface area contributed by atoms with Gasteiger partial charge in [-0.3, -0.25) is 15.5 Å². The Bertz CT molecular complexity index is 1330. The number of carbonyl (C=O) groups excluding carboxylic acids is 1. The first-order valence-corrected chi connectivity index (χ1v) is 10.3. The maximum atomic E-state index is 13.0. The number of H-pyrrole nitrogens is 1. The summed E-state index contributed by atoms with van der Waals surface area (Å²) in [7, 11) is 0. The molecule has 0 aliphatic rings. The number of ether oxygens (including phenoxy) is 1. The summed E-state index contributed by atoms with van der Waals surface area (Å²) in [6.07, 6.45) is -3.74. The molecule has 0 saturated carbocycles. The molecule has 2 N–H and O–H groups in total. The summed E-state index contributed by atoms with van der Waals surface area (Å²) in [5.41, 5.74) is 9.16. The fraction of sp³-hybridized carbons (Fsp3) is 0.167. The maximum absolute atomic E-state index is 13.0. The molecule has 0 aliphatic carbocycles. The molecular weight excluding hydrogens is 455 g/mol. The highest BCUT2D eigenvalue weighted by atomic mass is 35.5. The lowest BCUT2D eigenvalue weighted by molar-refractivity contribution is -0.137. The Labute approximate surface area is 192 Å². The van der Waals surface area contributed by atoms with Gasteiger partial charge in [-0.25, -0.2) is 0 Å². The van der Waals surface area contributed by atoms with Crippen molar-refractivity contribution < 1.29 is 22.7 Å². The van der Waals surface area contributed by atoms with Crippen LogP contribution in [0.5, 0.6) is 5.75 Å². The van der Waals surface area contributed by atoms with Crippen LogP contribution in [0.25, 0.3) is 33.3 Å². The van der Waals surface area contributed by atoms with Crippen LogP contribution in [0.1, 0.15) is 29.9 Å². The van der Waals surface area contributed by atoms with E-state index in [9.17, 15) is 18.0 Å². The SMILES string of the molecule is CC(C)Oc1ccc(-c2c(-c3ccc(C(F)(F)F)cn3)ccc3[nH]c(C([NH])=O)c(Cl)c23)cc1. The molecule has 2 aromatic heterocycles. The molecule has 9 heteroatoms. The molecule has 0 unspecified atom stereocenters. The van der Waals surface area contributed by atoms with Crippen molar-refractivity contribution >= 4 is 28.4 Å². The van der Waals surface area contributed by atoms with E-state index < -0.39 is 17.6 Å². The lowest BCUT2D eigenvalue weighted by Gasteiger charge is -2.14. The number of aromatic nitrogens is 2. The second-order valence-corrected chi connectivity index (χ2v) is 8.05. The van der Waals surface area contributed by atoms with Gasteiger partial charge in [0.1, 0.15) is 11.4 Å². The van der Waals surface area contributed by atoms with Crippen LogP contribution in [0.3, 0.4) is 0 Å². The van der Waals surface area contributed by atoms with Crippen LogP contribution in [0.2, 0.25) is 5.02 Å². The lowest BCUT2D eigenvalue weighted by Crippen LogP contribution is -2.05. The molecule has 169 valence electrons. The Morgan fingerprint density at radius 2 is 1.79 bits per heavy atom. The summed E-state index contributed by atoms with van der Waals surface area (Å²) in [5.74, 6) is -0.325. The lowest BCUT2D eigenvalue weighted by atomic mass is 9.93. The van der Waals surface area contributed by atoms with Gasteiger partial charge in [-0.2, -0.15) is 13.2 Å². The minimum absolute atomic E-state index is 0.0177. The summed E-state index contributed by atoms with van der Waals surface area (Å²) in [6.45, 7) is 3.81. The highest BCUT2D eigenvalue weighted by Crippen LogP contribution is 2.42. The molecule has 4 rings (SSSR count). The number of aromatic amines is 1. The first-order valence-electron chi connectivity index (χ1n) is 9.97. The third-order valence-electron chi connectivity index (χ3n) is 5.01. The Morgan fingerprint density at radius 1 is 1.09 bits per heavy atom. The van der Waals surface area contributed by atoms with E-state index in [1.807, 2.05) is 13.8 Å². The fourth-order valence-corrected chi connectivity index (χ4v) is 3.94. The summed E-state index contributed by atoms with van der Waals surface area (Å²) >= 11 is 6.49. The zero-order chi connectivity index (χ0) is 23.9. The van der Waals surface area contributed by atoms with Gasteiger partial charge in [-0.15, -0.1) is 0 Å². The summed E-state index contributed by atoms with van der Waals surface area (Å²) < 4.78 is 44.7. The number of nitrogens with one attached hydrogen (secondary N) is 2. The number of carbonyl (C=O) groups is 1. The number of hydrogen-bond donors (Lipinski definition) is 1. The minimum atomic E-state index is -4.50. The fourth-order valence-electron chi connectivity index (χ4n) is 3.61. The molecule has 0 saturated heterocycles. The monoisotopic (exact) mass is 472 g/mol. The largest absolute Gasteiger partial charge is 0.491 e. The quantitative estimate of drug-likeness (QED) is 0.347. The van der Waals surface area contributed by atoms with Crippen LogP contribution in [-0.2, 0) is 6.18 Å². The Kier molecular flexibility index (Phi) is 5.80. The van der Waals surface area contributed by atoms with Crippen molar-refractivity contribution in [2.75, 3.05) is 0 Å². The van der Waals surface area contributed by atoms with Gasteiger partial charge < -0.3 is 9.72 Å². The van der Waals surface area contributed by atoms with Gasteiger partial charge >= 0.3 is 6.18 Å². The van der Waals surface area contributed by atoms with E-state index in [0.717, 1.165) is 12.3 Å². The smallest absolute Gasteiger partial charge is 0.417 e. The normalized spacial score (nSPS) is 11.8. The predicted molar refractivity (Wildman–Crippen MR) is 120 cm³/mol. The number of hydrogen-bond acceptors (Lipinski definition) is 3. The van der Waals surface area contributed by atoms with Crippen molar-refractivity contribution in [3.63, 3.8) is 0 Å². The van der Waals surface area contributed by atoms with Crippen LogP contribution >= 0.6 is 11.6 Å². The van der Waals surface area contributed by atoms with E-state index in [2.05, 4.69) is 9.97 Å². The molecule has 1 radical (unpaired) electrons. The molecule has 0 spiro atoms. The summed E-state index contributed by atoms with van der Waals surface area (Å²) in [6, 6.07) is 12.7. The number of pyridine rings is 1. The number of rotatable bonds is 5. The van der Waals surface area contributed by atoms with Gasteiger partial charge in [0.05, 0.1) is 22.4 Å². The molecule has 0 fully saturated rings. The van der Waals surface area contributed by atoms with Crippen LogP contribution in [0.4, 0.5) is 13.2 Å². The zero-order valence-corrected chi connectivity index (χ0v) is 18.3. The first kappa shape index (κ1) is 22.7. The molecule has 0 aliphatic heterocycles. The zero-order valence-electron chi connectivity index (χ0n) is 17.5. The molecule has 0 bridgehead atoms. The van der Waals surface area contributed by atoms with E-state index >= 15 is 0 Å². The molecule has 2 aromatic carbocycles. The topological polar surface area (TPSA) is 78.8 Å². The second-order valence-electron chi connectivity index (χ2n) is 7.67. The van der Waals surface area contributed by atoms with E-state index in [4.69, 9.17) is 22.1 Å². The van der Waals surface area contributed by atoms with E-state index in [0.29, 0.717) is 39.0 Å². The van der Waals surface area contributed by atoms with Crippen molar-refractivity contribution in [2.24, 2.45) is 0 Å². The number of amides is 1. The van der Waals surface area contributed by atoms with Crippen LogP contribution in [0, 0.1) is 0 Å². The maximum Gasteiger partial charge on any atom is 0.417 e. The van der Waals surface area contributed by atoms with Crippen LogP contribution in [-0.4, -0.2) is 22.0 Å². The van der Waals surface area contributed by atoms with Crippen molar-refractivity contribution in [1.82, 2.24) is 15.7 Å². The van der Waals surface area contributed by atoms with Crippen LogP contribution in [0.15, 0.2) is 54.7 Å². The highest BCUT2D eigenvalue weighted by Gasteiger charge is 2.31. The average molecular weight is 473 g/mol. The molecule has 4 aromatic rings. The Hall–Kier alpha value is -3.52. The van der Waals surface area contributed by atoms with Crippen LogP contribution < -0.4 is 10.5 Å². The molecule has 33 heavy (non-hydrogen) atoms. The Morgan fingerprint density at radius 3 is 2.33 bits per heavy atom. The summed E-state index contributed by atoms with van der Waals surface area (Å²) in [5, 5.41) is 0.542. The van der Waals surface area contributed by atoms with Crippen molar-refractivity contribution in [1.29, 1.82) is 0 Å². The van der Waals surface area contributed by atoms with Gasteiger partial charge in [0.2, 0.25) is 0 Å². The van der Waals surface area contributed by atoms with Gasteiger partial charge in [0.25, 0.3) is 5.91 Å². The minimum Gasteiger partial charge on any atom is -0.491 e. The van der Waals surface area contributed by atoms with E-state index in [1.165, 1.54) is 6.07 Å². The number of fused-ring (bicyclic) bond motifs is 1. The third kappa shape index (κ3) is 4.39. The molecule has 2 heterocycles. The third-order valence-corrected chi connectivity index (χ3v) is 5.39. The van der Waals surface area contributed by atoms with Crippen molar-refractivity contribution in [3.05, 3.63) is 71.0 Å². The molecule has 0 atom stereocenters. The number of nitrogens with zero attached hydrogens (tertiary/aromatic N) is 1. The number of halogens is 4. The molecular formula is C24H18ClF3N3O2. The van der Waals surface area contributed by atoms with Gasteiger partial charge in [0.15, 0.2) is 0 Å². The Balaban J connectivity index is 1.95. The number of alkyl halides is 3. The van der Waals surface area contributed by atoms with Gasteiger partial charge in [-0.1, -0.05) is 29.8 Å². The van der Waals surface area contributed by atoms with Crippen molar-refractivity contribution in [2.45, 2.75) is 26.1 Å². The van der Waals surface area contributed by atoms with Gasteiger partial charge in [0, 0.05) is 28.2 Å². The highest BCUT2D eigenvalue weighted by molar-refractivity contribution is 6.40. The predicted octanol–water partition coefficient (Wildman–Crippen LogP) is 6.78. The second kappa shape index (κ2) is 8.44. The molecule has 5 nitrogen and oxygen atoms in total. The van der Waals surface area contributed by atoms with Crippen molar-refractivity contribution in [3.8, 4) is 28.1 Å². The van der Waals surface area contributed by atoms with E-state index in [-0.39, 0.29) is 16.8 Å².